The molecule has 6 nitrogen and oxygen atoms in total. The van der Waals surface area contributed by atoms with Gasteiger partial charge in [0.2, 0.25) is 5.91 Å². The largest absolute Gasteiger partial charge is 0.381 e. The molecule has 0 aromatic heterocycles. The Morgan fingerprint density at radius 1 is 1.33 bits per heavy atom. The van der Waals surface area contributed by atoms with Crippen molar-refractivity contribution in [2.24, 2.45) is 11.0 Å². The van der Waals surface area contributed by atoms with Gasteiger partial charge in [0.25, 0.3) is 0 Å². The Hall–Kier alpha value is -3.09. The lowest BCUT2D eigenvalue weighted by Gasteiger charge is -2.16. The van der Waals surface area contributed by atoms with Gasteiger partial charge in [-0.2, -0.15) is 5.10 Å². The number of nitrogens with zero attached hydrogens (tertiary/aromatic N) is 2. The zero-order valence-electron chi connectivity index (χ0n) is 15.1. The average Bonchev–Trinajstić information content (AvgIpc) is 2.87. The van der Waals surface area contributed by atoms with Gasteiger partial charge in [-0.25, -0.2) is 4.39 Å². The van der Waals surface area contributed by atoms with E-state index in [0.717, 1.165) is 23.5 Å². The second kappa shape index (κ2) is 7.26. The Balaban J connectivity index is 1.56. The Bertz CT molecular complexity index is 886. The third-order valence-corrected chi connectivity index (χ3v) is 4.85. The summed E-state index contributed by atoms with van der Waals surface area (Å²) >= 11 is 0. The van der Waals surface area contributed by atoms with E-state index in [1.807, 2.05) is 48.6 Å². The number of rotatable bonds is 3. The van der Waals surface area contributed by atoms with Gasteiger partial charge in [-0.15, -0.1) is 0 Å². The Kier molecular flexibility index (Phi) is 4.66. The fraction of sp³-hybridized carbons (Fsp3) is 0.300. The van der Waals surface area contributed by atoms with Crippen LogP contribution in [0.4, 0.5) is 21.5 Å². The normalized spacial score (nSPS) is 21.9. The van der Waals surface area contributed by atoms with E-state index in [2.05, 4.69) is 21.1 Å². The minimum Gasteiger partial charge on any atom is -0.381 e. The Labute approximate surface area is 157 Å². The molecule has 0 fully saturated rings. The van der Waals surface area contributed by atoms with E-state index in [1.165, 1.54) is 0 Å². The number of anilines is 3. The number of halogens is 1. The number of para-hydroxylation sites is 1. The predicted octanol–water partition coefficient (Wildman–Crippen LogP) is 3.47. The van der Waals surface area contributed by atoms with Crippen LogP contribution in [0.15, 0.2) is 58.6 Å². The molecule has 0 saturated heterocycles. The van der Waals surface area contributed by atoms with Crippen LogP contribution in [0.5, 0.6) is 0 Å². The number of allylic oxidation sites excluding steroid dienone is 4. The van der Waals surface area contributed by atoms with Gasteiger partial charge < -0.3 is 16.0 Å². The molecule has 4 rings (SSSR count). The number of fused-ring (bicyclic) bond motifs is 1. The van der Waals surface area contributed by atoms with Gasteiger partial charge in [0, 0.05) is 45.1 Å². The first-order valence-corrected chi connectivity index (χ1v) is 9.06. The number of hydrazone groups is 1. The SMILES string of the molecule is CN1CC(C2=CCC(F)=C(Nc3cccc4c3NCCC(=O)N4)C=C2)C=N1. The van der Waals surface area contributed by atoms with Crippen LogP contribution in [-0.4, -0.2) is 37.3 Å². The summed E-state index contributed by atoms with van der Waals surface area (Å²) in [7, 11) is 1.93. The van der Waals surface area contributed by atoms with E-state index in [1.54, 1.807) is 6.08 Å². The highest BCUT2D eigenvalue weighted by molar-refractivity contribution is 5.99. The minimum atomic E-state index is -0.222. The van der Waals surface area contributed by atoms with Crippen LogP contribution in [0.1, 0.15) is 12.8 Å². The van der Waals surface area contributed by atoms with E-state index in [-0.39, 0.29) is 24.1 Å². The first-order chi connectivity index (χ1) is 13.1. The second-order valence-electron chi connectivity index (χ2n) is 6.85. The van der Waals surface area contributed by atoms with E-state index in [4.69, 9.17) is 0 Å². The number of carbonyl (C=O) groups excluding carboxylic acids is 1. The maximum absolute atomic E-state index is 14.7. The van der Waals surface area contributed by atoms with Crippen molar-refractivity contribution < 1.29 is 9.18 Å². The summed E-state index contributed by atoms with van der Waals surface area (Å²) < 4.78 is 14.7. The van der Waals surface area contributed by atoms with E-state index >= 15 is 0 Å². The number of benzene rings is 1. The van der Waals surface area contributed by atoms with Gasteiger partial charge in [-0.05, 0) is 23.8 Å². The summed E-state index contributed by atoms with van der Waals surface area (Å²) in [5, 5.41) is 15.5. The fourth-order valence-corrected chi connectivity index (χ4v) is 3.41. The van der Waals surface area contributed by atoms with E-state index < -0.39 is 0 Å². The highest BCUT2D eigenvalue weighted by Gasteiger charge is 2.20. The topological polar surface area (TPSA) is 68.8 Å². The molecule has 1 unspecified atom stereocenters. The molecule has 140 valence electrons. The smallest absolute Gasteiger partial charge is 0.226 e. The summed E-state index contributed by atoms with van der Waals surface area (Å²) in [5.41, 5.74) is 3.70. The molecule has 0 bridgehead atoms. The molecule has 1 aromatic carbocycles. The number of carbonyl (C=O) groups is 1. The summed E-state index contributed by atoms with van der Waals surface area (Å²) in [5.74, 6) is -0.0710. The van der Waals surface area contributed by atoms with Gasteiger partial charge in [0.15, 0.2) is 0 Å². The summed E-state index contributed by atoms with van der Waals surface area (Å²) in [6, 6.07) is 5.54. The monoisotopic (exact) mass is 367 g/mol. The van der Waals surface area contributed by atoms with Gasteiger partial charge in [0.05, 0.1) is 22.8 Å². The summed E-state index contributed by atoms with van der Waals surface area (Å²) in [6.45, 7) is 1.34. The van der Waals surface area contributed by atoms with Crippen molar-refractivity contribution in [1.82, 2.24) is 5.01 Å². The lowest BCUT2D eigenvalue weighted by molar-refractivity contribution is -0.115. The van der Waals surface area contributed by atoms with Crippen LogP contribution in [0.25, 0.3) is 0 Å². The van der Waals surface area contributed by atoms with Gasteiger partial charge >= 0.3 is 0 Å². The molecule has 1 aromatic rings. The third-order valence-electron chi connectivity index (χ3n) is 4.85. The van der Waals surface area contributed by atoms with Crippen molar-refractivity contribution >= 4 is 29.2 Å². The maximum atomic E-state index is 14.7. The number of nitrogens with one attached hydrogen (secondary N) is 3. The quantitative estimate of drug-likeness (QED) is 0.765. The average molecular weight is 367 g/mol. The number of hydrogen-bond donors (Lipinski definition) is 3. The van der Waals surface area contributed by atoms with E-state index in [9.17, 15) is 9.18 Å². The number of amides is 1. The molecule has 0 saturated carbocycles. The highest BCUT2D eigenvalue weighted by Crippen LogP contribution is 2.34. The molecule has 1 atom stereocenters. The standard InChI is InChI=1S/C20H22FN5O/c1-26-12-14(11-23-26)13-5-7-15(21)16(8-6-13)24-17-3-2-4-18-20(17)22-10-9-19(27)25-18/h2-6,8,11,14,22,24H,7,9-10,12H2,1H3,(H,25,27). The van der Waals surface area contributed by atoms with Gasteiger partial charge in [-0.3, -0.25) is 9.80 Å². The zero-order valence-corrected chi connectivity index (χ0v) is 15.1. The molecule has 3 N–H and O–H groups in total. The van der Waals surface area contributed by atoms with Crippen LogP contribution in [-0.2, 0) is 4.79 Å². The van der Waals surface area contributed by atoms with Crippen molar-refractivity contribution in [2.75, 3.05) is 36.1 Å². The van der Waals surface area contributed by atoms with Crippen molar-refractivity contribution in [3.63, 3.8) is 0 Å². The molecular formula is C20H22FN5O. The van der Waals surface area contributed by atoms with Crippen LogP contribution >= 0.6 is 0 Å². The minimum absolute atomic E-state index is 0.0322. The van der Waals surface area contributed by atoms with Crippen LogP contribution < -0.4 is 16.0 Å². The third kappa shape index (κ3) is 3.72. The van der Waals surface area contributed by atoms with Crippen LogP contribution in [0.3, 0.4) is 0 Å². The summed E-state index contributed by atoms with van der Waals surface area (Å²) in [6.07, 6.45) is 8.17. The van der Waals surface area contributed by atoms with Crippen LogP contribution in [0, 0.1) is 5.92 Å². The molecule has 2 heterocycles. The van der Waals surface area contributed by atoms with Gasteiger partial charge in [-0.1, -0.05) is 18.2 Å². The molecule has 0 radical (unpaired) electrons. The lowest BCUT2D eigenvalue weighted by atomic mass is 10.00. The van der Waals surface area contributed by atoms with Gasteiger partial charge in [0.1, 0.15) is 5.83 Å². The Morgan fingerprint density at radius 2 is 2.22 bits per heavy atom. The molecule has 27 heavy (non-hydrogen) atoms. The molecule has 0 spiro atoms. The highest BCUT2D eigenvalue weighted by atomic mass is 19.1. The van der Waals surface area contributed by atoms with Crippen molar-refractivity contribution in [2.45, 2.75) is 12.8 Å². The van der Waals surface area contributed by atoms with Crippen molar-refractivity contribution in [3.05, 3.63) is 53.5 Å². The molecule has 2 aliphatic heterocycles. The predicted molar refractivity (Wildman–Crippen MR) is 106 cm³/mol. The first kappa shape index (κ1) is 17.3. The first-order valence-electron chi connectivity index (χ1n) is 9.06. The van der Waals surface area contributed by atoms with Crippen LogP contribution in [0.2, 0.25) is 0 Å². The van der Waals surface area contributed by atoms with Crippen molar-refractivity contribution in [1.29, 1.82) is 0 Å². The Morgan fingerprint density at radius 3 is 3.04 bits per heavy atom. The molecule has 1 amide bonds. The lowest BCUT2D eigenvalue weighted by Crippen LogP contribution is -2.14. The molecule has 3 aliphatic rings. The molecular weight excluding hydrogens is 345 g/mol. The zero-order chi connectivity index (χ0) is 18.8. The van der Waals surface area contributed by atoms with E-state index in [0.29, 0.717) is 24.4 Å². The summed E-state index contributed by atoms with van der Waals surface area (Å²) in [4.78, 5) is 11.8. The number of hydrogen-bond acceptors (Lipinski definition) is 5. The second-order valence-corrected chi connectivity index (χ2v) is 6.85. The molecule has 7 heteroatoms. The van der Waals surface area contributed by atoms with Crippen molar-refractivity contribution in [3.8, 4) is 0 Å². The fourth-order valence-electron chi connectivity index (χ4n) is 3.41. The molecule has 1 aliphatic carbocycles. The maximum Gasteiger partial charge on any atom is 0.226 e.